The van der Waals surface area contributed by atoms with Crippen LogP contribution in [0.25, 0.3) is 0 Å². The topological polar surface area (TPSA) is 34.1 Å². The van der Waals surface area contributed by atoms with E-state index in [1.807, 2.05) is 0 Å². The van der Waals surface area contributed by atoms with Crippen LogP contribution in [0.4, 0.5) is 0 Å². The molecule has 1 fully saturated rings. The van der Waals surface area contributed by atoms with Gasteiger partial charge in [0.15, 0.2) is 12.1 Å². The first-order chi connectivity index (χ1) is 10.8. The largest absolute Gasteiger partial charge is 0.295 e. The molecular weight excluding hydrogens is 284 g/mol. The van der Waals surface area contributed by atoms with Gasteiger partial charge in [-0.05, 0) is 54.1 Å². The first-order valence-electron chi connectivity index (χ1n) is 8.88. The van der Waals surface area contributed by atoms with Gasteiger partial charge in [0.25, 0.3) is 0 Å². The van der Waals surface area contributed by atoms with Crippen LogP contribution in [0.1, 0.15) is 69.9 Å². The van der Waals surface area contributed by atoms with E-state index >= 15 is 0 Å². The number of hydrogen-bond donors (Lipinski definition) is 0. The second-order valence-corrected chi connectivity index (χ2v) is 8.20. The third-order valence-electron chi connectivity index (χ3n) is 5.45. The molecule has 0 bridgehead atoms. The quantitative estimate of drug-likeness (QED) is 0.560. The highest BCUT2D eigenvalue weighted by Crippen LogP contribution is 2.50. The highest BCUT2D eigenvalue weighted by atomic mass is 16.2. The number of carbonyl (C=O) groups is 2. The lowest BCUT2D eigenvalue weighted by Crippen LogP contribution is -2.34. The summed E-state index contributed by atoms with van der Waals surface area (Å²) >= 11 is 0. The standard InChI is InChI=1S/C21H30O2/c1-15-9-5-7-11-18(15)20(21(2,3)4)19-12-8-6-10-16(19)13-17(23)14-22/h5,7,9,11,14,16,19-20H,6,8,10,12-13H2,1-4H3. The molecule has 0 heterocycles. The van der Waals surface area contributed by atoms with Crippen molar-refractivity contribution in [2.45, 2.75) is 65.7 Å². The van der Waals surface area contributed by atoms with Gasteiger partial charge < -0.3 is 0 Å². The normalized spacial score (nSPS) is 23.3. The Morgan fingerprint density at radius 3 is 2.48 bits per heavy atom. The monoisotopic (exact) mass is 314 g/mol. The maximum absolute atomic E-state index is 11.7. The Bertz CT molecular complexity index is 553. The molecule has 1 aromatic carbocycles. The highest BCUT2D eigenvalue weighted by molar-refractivity contribution is 6.24. The smallest absolute Gasteiger partial charge is 0.195 e. The van der Waals surface area contributed by atoms with Crippen LogP contribution in [-0.4, -0.2) is 12.1 Å². The SMILES string of the molecule is Cc1ccccc1C(C1CCCCC1CC(=O)C=O)C(C)(C)C. The molecule has 0 spiro atoms. The third kappa shape index (κ3) is 4.31. The van der Waals surface area contributed by atoms with E-state index in [4.69, 9.17) is 0 Å². The van der Waals surface area contributed by atoms with E-state index < -0.39 is 0 Å². The zero-order valence-electron chi connectivity index (χ0n) is 15.0. The van der Waals surface area contributed by atoms with Gasteiger partial charge in [-0.1, -0.05) is 57.9 Å². The zero-order chi connectivity index (χ0) is 17.0. The van der Waals surface area contributed by atoms with Crippen molar-refractivity contribution in [1.29, 1.82) is 0 Å². The predicted molar refractivity (Wildman–Crippen MR) is 94.5 cm³/mol. The summed E-state index contributed by atoms with van der Waals surface area (Å²) in [5.41, 5.74) is 2.88. The minimum Gasteiger partial charge on any atom is -0.295 e. The minimum absolute atomic E-state index is 0.136. The van der Waals surface area contributed by atoms with Crippen molar-refractivity contribution in [3.8, 4) is 0 Å². The number of aldehydes is 1. The molecule has 23 heavy (non-hydrogen) atoms. The molecule has 0 aliphatic heterocycles. The van der Waals surface area contributed by atoms with Crippen LogP contribution in [0.15, 0.2) is 24.3 Å². The number of rotatable bonds is 5. The van der Waals surface area contributed by atoms with Crippen molar-refractivity contribution >= 4 is 12.1 Å². The molecule has 2 nitrogen and oxygen atoms in total. The highest BCUT2D eigenvalue weighted by Gasteiger charge is 2.39. The molecule has 0 radical (unpaired) electrons. The average Bonchev–Trinajstić information content (AvgIpc) is 2.49. The Balaban J connectivity index is 2.38. The van der Waals surface area contributed by atoms with Crippen molar-refractivity contribution in [2.75, 3.05) is 0 Å². The van der Waals surface area contributed by atoms with E-state index in [1.54, 1.807) is 0 Å². The van der Waals surface area contributed by atoms with Crippen molar-refractivity contribution in [3.05, 3.63) is 35.4 Å². The van der Waals surface area contributed by atoms with Crippen molar-refractivity contribution in [1.82, 2.24) is 0 Å². The zero-order valence-corrected chi connectivity index (χ0v) is 15.0. The number of benzene rings is 1. The van der Waals surface area contributed by atoms with Gasteiger partial charge in [0.1, 0.15) is 0 Å². The van der Waals surface area contributed by atoms with Gasteiger partial charge in [0, 0.05) is 6.42 Å². The average molecular weight is 314 g/mol. The Labute approximate surface area is 140 Å². The summed E-state index contributed by atoms with van der Waals surface area (Å²) in [6.45, 7) is 9.09. The van der Waals surface area contributed by atoms with E-state index in [2.05, 4.69) is 52.0 Å². The van der Waals surface area contributed by atoms with E-state index in [9.17, 15) is 9.59 Å². The fraction of sp³-hybridized carbons (Fsp3) is 0.619. The van der Waals surface area contributed by atoms with E-state index in [-0.39, 0.29) is 11.2 Å². The molecule has 3 unspecified atom stereocenters. The summed E-state index contributed by atoms with van der Waals surface area (Å²) in [5.74, 6) is 1.01. The number of hydrogen-bond acceptors (Lipinski definition) is 2. The third-order valence-corrected chi connectivity index (χ3v) is 5.45. The number of carbonyl (C=O) groups excluding carboxylic acids is 2. The molecule has 1 aromatic rings. The van der Waals surface area contributed by atoms with Crippen molar-refractivity contribution < 1.29 is 9.59 Å². The van der Waals surface area contributed by atoms with Gasteiger partial charge in [0.2, 0.25) is 0 Å². The molecule has 0 N–H and O–H groups in total. The van der Waals surface area contributed by atoms with Gasteiger partial charge in [-0.25, -0.2) is 0 Å². The molecule has 3 atom stereocenters. The molecule has 0 aromatic heterocycles. The van der Waals surface area contributed by atoms with Crippen LogP contribution in [0.5, 0.6) is 0 Å². The Hall–Kier alpha value is -1.44. The van der Waals surface area contributed by atoms with E-state index in [0.717, 1.165) is 12.8 Å². The lowest BCUT2D eigenvalue weighted by Gasteiger charge is -2.44. The molecule has 126 valence electrons. The van der Waals surface area contributed by atoms with Crippen molar-refractivity contribution in [3.63, 3.8) is 0 Å². The maximum atomic E-state index is 11.7. The number of Topliss-reactive ketones (excluding diaryl/α,β-unsaturated/α-hetero) is 1. The van der Waals surface area contributed by atoms with Gasteiger partial charge in [-0.2, -0.15) is 0 Å². The van der Waals surface area contributed by atoms with Crippen LogP contribution < -0.4 is 0 Å². The summed E-state index contributed by atoms with van der Waals surface area (Å²) in [6.07, 6.45) is 5.57. The Morgan fingerprint density at radius 2 is 1.87 bits per heavy atom. The molecule has 0 amide bonds. The fourth-order valence-corrected chi connectivity index (χ4v) is 4.51. The molecule has 2 rings (SSSR count). The summed E-state index contributed by atoms with van der Waals surface area (Å²) in [5, 5.41) is 0. The molecule has 1 saturated carbocycles. The van der Waals surface area contributed by atoms with Gasteiger partial charge in [-0.3, -0.25) is 9.59 Å². The number of ketones is 1. The summed E-state index contributed by atoms with van der Waals surface area (Å²) in [7, 11) is 0. The second kappa shape index (κ2) is 7.42. The Morgan fingerprint density at radius 1 is 1.22 bits per heavy atom. The summed E-state index contributed by atoms with van der Waals surface area (Å²) in [6, 6.07) is 8.64. The number of aryl methyl sites for hydroxylation is 1. The molecular formula is C21H30O2. The first kappa shape index (κ1) is 17.9. The first-order valence-corrected chi connectivity index (χ1v) is 8.88. The van der Waals surface area contributed by atoms with Gasteiger partial charge in [0.05, 0.1) is 0 Å². The predicted octanol–water partition coefficient (Wildman–Crippen LogP) is 5.09. The minimum atomic E-state index is -0.237. The van der Waals surface area contributed by atoms with Crippen molar-refractivity contribution in [2.24, 2.45) is 17.3 Å². The van der Waals surface area contributed by atoms with E-state index in [0.29, 0.717) is 30.5 Å². The van der Waals surface area contributed by atoms with E-state index in [1.165, 1.54) is 24.0 Å². The molecule has 1 aliphatic carbocycles. The summed E-state index contributed by atoms with van der Waals surface area (Å²) < 4.78 is 0. The van der Waals surface area contributed by atoms with Gasteiger partial charge in [-0.15, -0.1) is 0 Å². The maximum Gasteiger partial charge on any atom is 0.195 e. The fourth-order valence-electron chi connectivity index (χ4n) is 4.51. The van der Waals surface area contributed by atoms with Crippen LogP contribution in [0, 0.1) is 24.2 Å². The lowest BCUT2D eigenvalue weighted by atomic mass is 9.60. The summed E-state index contributed by atoms with van der Waals surface area (Å²) in [4.78, 5) is 22.6. The lowest BCUT2D eigenvalue weighted by molar-refractivity contribution is -0.131. The second-order valence-electron chi connectivity index (χ2n) is 8.20. The van der Waals surface area contributed by atoms with Crippen LogP contribution in [-0.2, 0) is 9.59 Å². The van der Waals surface area contributed by atoms with Crippen LogP contribution in [0.2, 0.25) is 0 Å². The Kier molecular flexibility index (Phi) is 5.78. The molecule has 0 saturated heterocycles. The van der Waals surface area contributed by atoms with Crippen LogP contribution >= 0.6 is 0 Å². The van der Waals surface area contributed by atoms with Gasteiger partial charge >= 0.3 is 0 Å². The van der Waals surface area contributed by atoms with Crippen LogP contribution in [0.3, 0.4) is 0 Å². The molecule has 2 heteroatoms. The molecule has 1 aliphatic rings.